The number of carbonyl (C=O) groups is 1. The first-order chi connectivity index (χ1) is 14.0. The van der Waals surface area contributed by atoms with E-state index in [9.17, 15) is 9.18 Å². The van der Waals surface area contributed by atoms with Gasteiger partial charge in [-0.15, -0.1) is 10.2 Å². The molecular weight excluding hydrogens is 434 g/mol. The molecule has 2 aromatic carbocycles. The lowest BCUT2D eigenvalue weighted by Gasteiger charge is -2.16. The van der Waals surface area contributed by atoms with Crippen molar-refractivity contribution in [1.82, 2.24) is 14.6 Å². The van der Waals surface area contributed by atoms with E-state index in [4.69, 9.17) is 23.2 Å². The number of anilines is 1. The summed E-state index contributed by atoms with van der Waals surface area (Å²) in [6, 6.07) is 16.4. The highest BCUT2D eigenvalue weighted by Gasteiger charge is 2.25. The molecule has 1 N–H and O–H groups in total. The van der Waals surface area contributed by atoms with Crippen LogP contribution in [-0.2, 0) is 4.79 Å². The Bertz CT molecular complexity index is 1170. The zero-order valence-corrected chi connectivity index (χ0v) is 17.0. The number of rotatable bonds is 5. The summed E-state index contributed by atoms with van der Waals surface area (Å²) >= 11 is 13.5. The molecule has 146 valence electrons. The molecule has 0 saturated heterocycles. The largest absolute Gasteiger partial charge is 0.325 e. The molecule has 1 atom stereocenters. The fraction of sp³-hybridized carbons (Fsp3) is 0.0500. The molecular formula is C20H13Cl2FN4OS. The van der Waals surface area contributed by atoms with Crippen molar-refractivity contribution in [2.75, 3.05) is 5.32 Å². The number of hydrogen-bond acceptors (Lipinski definition) is 4. The Balaban J connectivity index is 1.68. The number of nitrogens with one attached hydrogen (secondary N) is 1. The van der Waals surface area contributed by atoms with Crippen LogP contribution in [0.15, 0.2) is 72.0 Å². The predicted octanol–water partition coefficient (Wildman–Crippen LogP) is 5.65. The van der Waals surface area contributed by atoms with Crippen molar-refractivity contribution in [1.29, 1.82) is 0 Å². The third-order valence-electron chi connectivity index (χ3n) is 4.07. The molecule has 0 fully saturated rings. The lowest BCUT2D eigenvalue weighted by atomic mass is 10.1. The summed E-state index contributed by atoms with van der Waals surface area (Å²) < 4.78 is 14.8. The normalized spacial score (nSPS) is 12.1. The lowest BCUT2D eigenvalue weighted by Crippen LogP contribution is -2.19. The van der Waals surface area contributed by atoms with Crippen molar-refractivity contribution in [2.24, 2.45) is 0 Å². The number of pyridine rings is 1. The van der Waals surface area contributed by atoms with Crippen molar-refractivity contribution in [3.05, 3.63) is 88.3 Å². The first-order valence-corrected chi connectivity index (χ1v) is 10.1. The fourth-order valence-corrected chi connectivity index (χ4v) is 4.25. The summed E-state index contributed by atoms with van der Waals surface area (Å²) in [4.78, 5) is 13.1. The molecule has 29 heavy (non-hydrogen) atoms. The maximum Gasteiger partial charge on any atom is 0.242 e. The van der Waals surface area contributed by atoms with Gasteiger partial charge >= 0.3 is 0 Å². The second-order valence-corrected chi connectivity index (χ2v) is 8.00. The molecule has 2 aromatic heterocycles. The molecule has 0 aliphatic rings. The lowest BCUT2D eigenvalue weighted by molar-refractivity contribution is -0.115. The fourth-order valence-electron chi connectivity index (χ4n) is 2.73. The Morgan fingerprint density at radius 3 is 2.52 bits per heavy atom. The molecule has 2 heterocycles. The Kier molecular flexibility index (Phi) is 5.71. The topological polar surface area (TPSA) is 59.3 Å². The third kappa shape index (κ3) is 4.37. The Hall–Kier alpha value is -2.61. The molecule has 1 amide bonds. The minimum atomic E-state index is -0.633. The van der Waals surface area contributed by atoms with E-state index < -0.39 is 5.25 Å². The van der Waals surface area contributed by atoms with Crippen LogP contribution >= 0.6 is 35.0 Å². The SMILES string of the molecule is O=C(Nc1ccc(F)cc1)C(Sc1nnc2c(Cl)cc(Cl)cn12)c1ccccc1. The summed E-state index contributed by atoms with van der Waals surface area (Å²) in [6.07, 6.45) is 1.64. The number of benzene rings is 2. The van der Waals surface area contributed by atoms with Crippen molar-refractivity contribution in [3.63, 3.8) is 0 Å². The van der Waals surface area contributed by atoms with Gasteiger partial charge in [-0.1, -0.05) is 65.3 Å². The van der Waals surface area contributed by atoms with E-state index in [2.05, 4.69) is 15.5 Å². The summed E-state index contributed by atoms with van der Waals surface area (Å²) in [7, 11) is 0. The summed E-state index contributed by atoms with van der Waals surface area (Å²) in [5, 5.41) is 11.7. The van der Waals surface area contributed by atoms with E-state index in [1.807, 2.05) is 30.3 Å². The van der Waals surface area contributed by atoms with Crippen LogP contribution in [0.1, 0.15) is 10.8 Å². The van der Waals surface area contributed by atoms with Gasteiger partial charge in [-0.05, 0) is 35.9 Å². The van der Waals surface area contributed by atoms with Gasteiger partial charge < -0.3 is 5.32 Å². The number of aromatic nitrogens is 3. The average molecular weight is 447 g/mol. The number of thioether (sulfide) groups is 1. The molecule has 0 bridgehead atoms. The van der Waals surface area contributed by atoms with Gasteiger partial charge in [0, 0.05) is 11.9 Å². The number of nitrogens with zero attached hydrogens (tertiary/aromatic N) is 3. The van der Waals surface area contributed by atoms with Gasteiger partial charge in [0.25, 0.3) is 0 Å². The summed E-state index contributed by atoms with van der Waals surface area (Å²) in [5.41, 5.74) is 1.72. The highest BCUT2D eigenvalue weighted by atomic mass is 35.5. The van der Waals surface area contributed by atoms with Crippen LogP contribution in [0.5, 0.6) is 0 Å². The first-order valence-electron chi connectivity index (χ1n) is 8.49. The van der Waals surface area contributed by atoms with E-state index in [1.54, 1.807) is 16.7 Å². The standard InChI is InChI=1S/C20H13Cl2FN4OS/c21-13-10-16(22)18-25-26-20(27(18)11-13)29-17(12-4-2-1-3-5-12)19(28)24-15-8-6-14(23)7-9-15/h1-11,17H,(H,24,28). The second-order valence-electron chi connectivity index (χ2n) is 6.09. The van der Waals surface area contributed by atoms with Gasteiger partial charge in [0.15, 0.2) is 10.8 Å². The third-order valence-corrected chi connectivity index (χ3v) is 5.77. The smallest absolute Gasteiger partial charge is 0.242 e. The van der Waals surface area contributed by atoms with Gasteiger partial charge in [-0.25, -0.2) is 4.39 Å². The Morgan fingerprint density at radius 2 is 1.79 bits per heavy atom. The van der Waals surface area contributed by atoms with E-state index >= 15 is 0 Å². The highest BCUT2D eigenvalue weighted by molar-refractivity contribution is 8.00. The molecule has 0 saturated carbocycles. The van der Waals surface area contributed by atoms with E-state index in [1.165, 1.54) is 36.0 Å². The molecule has 9 heteroatoms. The predicted molar refractivity (Wildman–Crippen MR) is 113 cm³/mol. The summed E-state index contributed by atoms with van der Waals surface area (Å²) in [5.74, 6) is -0.654. The molecule has 0 aliphatic heterocycles. The van der Waals surface area contributed by atoms with Crippen molar-refractivity contribution in [2.45, 2.75) is 10.4 Å². The Labute approximate surface area is 179 Å². The minimum Gasteiger partial charge on any atom is -0.325 e. The van der Waals surface area contributed by atoms with Crippen LogP contribution in [0.4, 0.5) is 10.1 Å². The molecule has 0 spiro atoms. The first kappa shape index (κ1) is 19.7. The monoisotopic (exact) mass is 446 g/mol. The van der Waals surface area contributed by atoms with Crippen molar-refractivity contribution >= 4 is 52.2 Å². The number of carbonyl (C=O) groups excluding carboxylic acids is 1. The van der Waals surface area contributed by atoms with Gasteiger partial charge in [0.2, 0.25) is 5.91 Å². The van der Waals surface area contributed by atoms with Gasteiger partial charge in [0.1, 0.15) is 11.1 Å². The quantitative estimate of drug-likeness (QED) is 0.402. The number of halogens is 3. The van der Waals surface area contributed by atoms with Crippen LogP contribution in [0.3, 0.4) is 0 Å². The number of amides is 1. The van der Waals surface area contributed by atoms with E-state index in [0.29, 0.717) is 26.5 Å². The zero-order valence-electron chi connectivity index (χ0n) is 14.7. The molecule has 0 radical (unpaired) electrons. The van der Waals surface area contributed by atoms with Gasteiger partial charge in [-0.3, -0.25) is 9.20 Å². The van der Waals surface area contributed by atoms with Crippen LogP contribution in [-0.4, -0.2) is 20.5 Å². The average Bonchev–Trinajstić information content (AvgIpc) is 3.11. The molecule has 4 rings (SSSR count). The van der Waals surface area contributed by atoms with E-state index in [0.717, 1.165) is 5.56 Å². The van der Waals surface area contributed by atoms with Crippen molar-refractivity contribution < 1.29 is 9.18 Å². The number of fused-ring (bicyclic) bond motifs is 1. The molecule has 4 aromatic rings. The minimum absolute atomic E-state index is 0.280. The highest BCUT2D eigenvalue weighted by Crippen LogP contribution is 2.36. The van der Waals surface area contributed by atoms with Gasteiger partial charge in [0.05, 0.1) is 10.0 Å². The van der Waals surface area contributed by atoms with Crippen LogP contribution in [0.2, 0.25) is 10.0 Å². The van der Waals surface area contributed by atoms with Gasteiger partial charge in [-0.2, -0.15) is 0 Å². The number of hydrogen-bond donors (Lipinski definition) is 1. The summed E-state index contributed by atoms with van der Waals surface area (Å²) in [6.45, 7) is 0. The Morgan fingerprint density at radius 1 is 1.07 bits per heavy atom. The van der Waals surface area contributed by atoms with Crippen LogP contribution in [0.25, 0.3) is 5.65 Å². The van der Waals surface area contributed by atoms with Crippen LogP contribution in [0, 0.1) is 5.82 Å². The molecule has 0 aliphatic carbocycles. The van der Waals surface area contributed by atoms with Crippen LogP contribution < -0.4 is 5.32 Å². The maximum atomic E-state index is 13.2. The second kappa shape index (κ2) is 8.41. The van der Waals surface area contributed by atoms with Crippen molar-refractivity contribution in [3.8, 4) is 0 Å². The maximum absolute atomic E-state index is 13.2. The van der Waals surface area contributed by atoms with E-state index in [-0.39, 0.29) is 11.7 Å². The molecule has 1 unspecified atom stereocenters. The zero-order chi connectivity index (χ0) is 20.4. The molecule has 5 nitrogen and oxygen atoms in total.